The molecule has 2 N–H and O–H groups in total. The first-order chi connectivity index (χ1) is 13.7. The third kappa shape index (κ3) is 4.26. The first-order valence-electron chi connectivity index (χ1n) is 8.52. The van der Waals surface area contributed by atoms with Crippen LogP contribution >= 0.6 is 19.8 Å². The van der Waals surface area contributed by atoms with Crippen LogP contribution in [0, 0.1) is 11.6 Å². The van der Waals surface area contributed by atoms with Gasteiger partial charge in [0.05, 0.1) is 0 Å². The van der Waals surface area contributed by atoms with Crippen molar-refractivity contribution >= 4 is 19.8 Å². The number of hydrogen-bond acceptors (Lipinski definition) is 7. The summed E-state index contributed by atoms with van der Waals surface area (Å²) in [4.78, 5) is 35.5. The summed E-state index contributed by atoms with van der Waals surface area (Å²) >= 11 is 5.93. The van der Waals surface area contributed by atoms with Crippen molar-refractivity contribution in [2.24, 2.45) is 0 Å². The topological polar surface area (TPSA) is 112 Å². The minimum atomic E-state index is -4.06. The number of fused-ring (bicyclic) bond motifs is 1. The number of nitrogens with zero attached hydrogens (tertiary/aromatic N) is 1. The number of H-pyrrole nitrogens is 1. The first-order valence-corrected chi connectivity index (χ1v) is 10.6. The van der Waals surface area contributed by atoms with E-state index in [2.05, 4.69) is 0 Å². The molecule has 0 spiro atoms. The molecule has 4 rings (SSSR count). The van der Waals surface area contributed by atoms with Crippen molar-refractivity contribution in [1.82, 2.24) is 9.55 Å². The molecule has 9 nitrogen and oxygen atoms in total. The molecule has 0 saturated carbocycles. The molecule has 0 radical (unpaired) electrons. The molecule has 2 aliphatic rings. The van der Waals surface area contributed by atoms with Gasteiger partial charge in [0.1, 0.15) is 0 Å². The molecule has 0 aliphatic carbocycles. The standard InChI is InChI=1S/C16H16ClF2N2O7P/c17-10-3-9(18)2-1-8(10)6-25-29(24)26-7-13-12(28-29)4-14(27-13)21-5-11(19)15(22)20-16(21)23/h1-3,5,12-14,24,29H,4,6-7H2,(H,20,22,23)/t12-,13+,14+/m0/s1. The first kappa shape index (κ1) is 20.5. The van der Waals surface area contributed by atoms with Crippen molar-refractivity contribution in [3.63, 3.8) is 0 Å². The average molecular weight is 453 g/mol. The SMILES string of the molecule is O=c1[nH]c(=O)n([C@H]2C[C@@H]3O[PH](O)(OCc4ccc(F)cc4Cl)OC[C@H]3O2)cc1F. The van der Waals surface area contributed by atoms with Crippen molar-refractivity contribution in [2.75, 3.05) is 6.61 Å². The van der Waals surface area contributed by atoms with E-state index in [4.69, 9.17) is 29.9 Å². The van der Waals surface area contributed by atoms with Crippen LogP contribution in [0.15, 0.2) is 34.0 Å². The number of hydrogen-bond donors (Lipinski definition) is 2. The molecule has 158 valence electrons. The van der Waals surface area contributed by atoms with Crippen LogP contribution in [-0.4, -0.2) is 33.3 Å². The molecular weight excluding hydrogens is 437 g/mol. The molecule has 2 saturated heterocycles. The van der Waals surface area contributed by atoms with Crippen molar-refractivity contribution in [3.8, 4) is 0 Å². The number of aromatic nitrogens is 2. The Kier molecular flexibility index (Phi) is 5.56. The average Bonchev–Trinajstić information content (AvgIpc) is 3.06. The molecule has 3 heterocycles. The van der Waals surface area contributed by atoms with Crippen LogP contribution in [0.5, 0.6) is 0 Å². The number of benzene rings is 1. The zero-order chi connectivity index (χ0) is 20.8. The molecule has 3 atom stereocenters. The minimum absolute atomic E-state index is 0.0817. The van der Waals surface area contributed by atoms with E-state index in [1.807, 2.05) is 4.98 Å². The molecule has 0 amide bonds. The molecule has 2 aliphatic heterocycles. The van der Waals surface area contributed by atoms with E-state index in [1.165, 1.54) is 12.1 Å². The maximum absolute atomic E-state index is 13.5. The molecule has 13 heteroatoms. The second-order valence-electron chi connectivity index (χ2n) is 6.52. The Morgan fingerprint density at radius 2 is 2.14 bits per heavy atom. The van der Waals surface area contributed by atoms with E-state index in [0.29, 0.717) is 5.56 Å². The van der Waals surface area contributed by atoms with Crippen LogP contribution in [0.25, 0.3) is 0 Å². The fourth-order valence-corrected chi connectivity index (χ4v) is 4.90. The van der Waals surface area contributed by atoms with E-state index in [9.17, 15) is 23.3 Å². The van der Waals surface area contributed by atoms with E-state index in [0.717, 1.165) is 16.8 Å². The van der Waals surface area contributed by atoms with Crippen LogP contribution in [0.4, 0.5) is 8.78 Å². The molecule has 29 heavy (non-hydrogen) atoms. The summed E-state index contributed by atoms with van der Waals surface area (Å²) in [6, 6.07) is 3.72. The van der Waals surface area contributed by atoms with Gasteiger partial charge in [-0.2, -0.15) is 0 Å². The van der Waals surface area contributed by atoms with Gasteiger partial charge in [-0.05, 0) is 0 Å². The molecule has 0 unspecified atom stereocenters. The number of aromatic amines is 1. The van der Waals surface area contributed by atoms with E-state index in [1.54, 1.807) is 0 Å². The Balaban J connectivity index is 1.44. The molecule has 0 bridgehead atoms. The van der Waals surface area contributed by atoms with Gasteiger partial charge >= 0.3 is 167 Å². The van der Waals surface area contributed by atoms with Crippen LogP contribution in [0.3, 0.4) is 0 Å². The van der Waals surface area contributed by atoms with Crippen molar-refractivity contribution < 1.29 is 32.0 Å². The van der Waals surface area contributed by atoms with E-state index >= 15 is 0 Å². The van der Waals surface area contributed by atoms with Crippen molar-refractivity contribution in [1.29, 1.82) is 0 Å². The van der Waals surface area contributed by atoms with Gasteiger partial charge in [-0.15, -0.1) is 0 Å². The number of halogens is 3. The zero-order valence-corrected chi connectivity index (χ0v) is 16.4. The van der Waals surface area contributed by atoms with E-state index < -0.39 is 49.5 Å². The Morgan fingerprint density at radius 1 is 1.34 bits per heavy atom. The normalized spacial score (nSPS) is 26.8. The summed E-state index contributed by atoms with van der Waals surface area (Å²) in [5.74, 6) is -1.64. The summed E-state index contributed by atoms with van der Waals surface area (Å²) in [5, 5.41) is 0.125. The molecule has 1 aromatic carbocycles. The van der Waals surface area contributed by atoms with Crippen LogP contribution < -0.4 is 11.2 Å². The molecule has 2 fully saturated rings. The molecule has 1 aromatic heterocycles. The van der Waals surface area contributed by atoms with Gasteiger partial charge in [-0.25, -0.2) is 0 Å². The summed E-state index contributed by atoms with van der Waals surface area (Å²) in [7, 11) is -4.06. The fourth-order valence-electron chi connectivity index (χ4n) is 3.12. The van der Waals surface area contributed by atoms with E-state index in [-0.39, 0.29) is 24.7 Å². The third-order valence-electron chi connectivity index (χ3n) is 4.57. The Labute approximate surface area is 167 Å². The molecule has 2 aromatic rings. The third-order valence-corrected chi connectivity index (χ3v) is 6.56. The monoisotopic (exact) mass is 452 g/mol. The summed E-state index contributed by atoms with van der Waals surface area (Å²) < 4.78 is 49.4. The Hall–Kier alpha value is -1.72. The quantitative estimate of drug-likeness (QED) is 0.680. The maximum atomic E-state index is 13.5. The second kappa shape index (κ2) is 7.84. The van der Waals surface area contributed by atoms with Crippen LogP contribution in [0.2, 0.25) is 5.02 Å². The predicted octanol–water partition coefficient (Wildman–Crippen LogP) is 1.79. The van der Waals surface area contributed by atoms with Gasteiger partial charge in [0.2, 0.25) is 0 Å². The van der Waals surface area contributed by atoms with Crippen molar-refractivity contribution in [3.05, 3.63) is 67.5 Å². The zero-order valence-electron chi connectivity index (χ0n) is 14.6. The van der Waals surface area contributed by atoms with Crippen LogP contribution in [0.1, 0.15) is 18.2 Å². The molecular formula is C16H16ClF2N2O7P. The predicted molar refractivity (Wildman–Crippen MR) is 97.4 cm³/mol. The Bertz CT molecular complexity index is 1050. The Morgan fingerprint density at radius 3 is 2.90 bits per heavy atom. The number of ether oxygens (including phenoxy) is 1. The van der Waals surface area contributed by atoms with Gasteiger partial charge in [0.25, 0.3) is 0 Å². The summed E-state index contributed by atoms with van der Waals surface area (Å²) in [5.41, 5.74) is -1.54. The second-order valence-corrected chi connectivity index (χ2v) is 8.79. The van der Waals surface area contributed by atoms with Gasteiger partial charge in [0, 0.05) is 0 Å². The number of rotatable bonds is 4. The summed E-state index contributed by atoms with van der Waals surface area (Å²) in [6.45, 7) is -0.254. The van der Waals surface area contributed by atoms with Gasteiger partial charge in [-0.1, -0.05) is 0 Å². The van der Waals surface area contributed by atoms with Gasteiger partial charge < -0.3 is 0 Å². The summed E-state index contributed by atoms with van der Waals surface area (Å²) in [6.07, 6.45) is -1.39. The van der Waals surface area contributed by atoms with Gasteiger partial charge in [-0.3, -0.25) is 0 Å². The van der Waals surface area contributed by atoms with Gasteiger partial charge in [0.15, 0.2) is 0 Å². The van der Waals surface area contributed by atoms with Crippen molar-refractivity contribution in [2.45, 2.75) is 31.5 Å². The van der Waals surface area contributed by atoms with Crippen LogP contribution in [-0.2, 0) is 24.9 Å². The fraction of sp³-hybridized carbons (Fsp3) is 0.375. The number of nitrogens with one attached hydrogen (secondary N) is 1.